The molecule has 1 aromatic heterocycles. The summed E-state index contributed by atoms with van der Waals surface area (Å²) in [5.74, 6) is 0.703. The normalized spacial score (nSPS) is 19.0. The van der Waals surface area contributed by atoms with E-state index in [0.29, 0.717) is 18.2 Å². The second-order valence-electron chi connectivity index (χ2n) is 7.06. The largest absolute Gasteiger partial charge is 0.328 e. The fourth-order valence-corrected chi connectivity index (χ4v) is 3.56. The third-order valence-electron chi connectivity index (χ3n) is 5.33. The van der Waals surface area contributed by atoms with E-state index < -0.39 is 0 Å². The number of piperazine rings is 1. The lowest BCUT2D eigenvalue weighted by Gasteiger charge is -2.36. The van der Waals surface area contributed by atoms with Crippen molar-refractivity contribution in [1.82, 2.24) is 15.2 Å². The Hall–Kier alpha value is -1.62. The molecule has 2 aromatic rings. The van der Waals surface area contributed by atoms with Crippen LogP contribution >= 0.6 is 24.8 Å². The van der Waals surface area contributed by atoms with Crippen molar-refractivity contribution in [1.29, 1.82) is 0 Å². The van der Waals surface area contributed by atoms with E-state index in [1.807, 2.05) is 17.2 Å². The van der Waals surface area contributed by atoms with E-state index in [1.54, 1.807) is 0 Å². The van der Waals surface area contributed by atoms with Crippen molar-refractivity contribution in [3.05, 3.63) is 65.0 Å². The molecule has 1 atom stereocenters. The van der Waals surface area contributed by atoms with Crippen molar-refractivity contribution < 1.29 is 4.79 Å². The van der Waals surface area contributed by atoms with Gasteiger partial charge in [-0.3, -0.25) is 9.78 Å². The molecule has 1 amide bonds. The Kier molecular flexibility index (Phi) is 7.66. The highest BCUT2D eigenvalue weighted by Crippen LogP contribution is 2.39. The summed E-state index contributed by atoms with van der Waals surface area (Å²) in [7, 11) is 0. The molecule has 4 nitrogen and oxygen atoms in total. The van der Waals surface area contributed by atoms with Crippen LogP contribution in [-0.2, 0) is 6.42 Å². The molecule has 1 saturated carbocycles. The summed E-state index contributed by atoms with van der Waals surface area (Å²) >= 11 is 0. The first-order valence-electron chi connectivity index (χ1n) is 9.32. The van der Waals surface area contributed by atoms with Gasteiger partial charge < -0.3 is 10.2 Å². The number of hydrogen-bond acceptors (Lipinski definition) is 3. The Morgan fingerprint density at radius 1 is 1.11 bits per heavy atom. The first-order valence-corrected chi connectivity index (χ1v) is 9.32. The van der Waals surface area contributed by atoms with Crippen LogP contribution in [0.4, 0.5) is 0 Å². The third-order valence-corrected chi connectivity index (χ3v) is 5.33. The molecule has 0 radical (unpaired) electrons. The molecule has 27 heavy (non-hydrogen) atoms. The zero-order valence-electron chi connectivity index (χ0n) is 15.6. The van der Waals surface area contributed by atoms with Crippen LogP contribution in [-0.4, -0.2) is 35.4 Å². The van der Waals surface area contributed by atoms with E-state index in [1.165, 1.54) is 29.5 Å². The van der Waals surface area contributed by atoms with Gasteiger partial charge in [0.15, 0.2) is 0 Å². The van der Waals surface area contributed by atoms with E-state index >= 15 is 0 Å². The molecule has 2 fully saturated rings. The van der Waals surface area contributed by atoms with Gasteiger partial charge in [0.2, 0.25) is 0 Å². The summed E-state index contributed by atoms with van der Waals surface area (Å²) in [5, 5.41) is 3.42. The van der Waals surface area contributed by atoms with Gasteiger partial charge in [-0.05, 0) is 47.9 Å². The number of nitrogens with one attached hydrogen (secondary N) is 1. The fourth-order valence-electron chi connectivity index (χ4n) is 3.56. The van der Waals surface area contributed by atoms with Crippen LogP contribution < -0.4 is 5.32 Å². The number of carbonyl (C=O) groups excluding carboxylic acids is 1. The summed E-state index contributed by atoms with van der Waals surface area (Å²) in [6, 6.07) is 12.7. The minimum Gasteiger partial charge on any atom is -0.328 e. The number of aromatic nitrogens is 1. The average Bonchev–Trinajstić information content (AvgIpc) is 3.53. The highest BCUT2D eigenvalue weighted by Gasteiger charge is 2.30. The third kappa shape index (κ3) is 4.81. The van der Waals surface area contributed by atoms with E-state index in [-0.39, 0.29) is 36.8 Å². The maximum Gasteiger partial charge on any atom is 0.273 e. The highest BCUT2D eigenvalue weighted by molar-refractivity contribution is 5.92. The molecule has 1 aliphatic heterocycles. The van der Waals surface area contributed by atoms with E-state index in [2.05, 4.69) is 47.6 Å². The van der Waals surface area contributed by atoms with Gasteiger partial charge >= 0.3 is 0 Å². The quantitative estimate of drug-likeness (QED) is 0.827. The summed E-state index contributed by atoms with van der Waals surface area (Å²) in [6.45, 7) is 4.49. The Morgan fingerprint density at radius 3 is 2.41 bits per heavy atom. The number of amides is 1. The maximum atomic E-state index is 13.0. The molecule has 1 N–H and O–H groups in total. The highest BCUT2D eigenvalue weighted by atomic mass is 35.5. The average molecular weight is 408 g/mol. The van der Waals surface area contributed by atoms with Gasteiger partial charge in [0.25, 0.3) is 5.91 Å². The van der Waals surface area contributed by atoms with Crippen LogP contribution in [0.3, 0.4) is 0 Å². The zero-order chi connectivity index (χ0) is 17.2. The van der Waals surface area contributed by atoms with Crippen molar-refractivity contribution in [3.8, 4) is 0 Å². The summed E-state index contributed by atoms with van der Waals surface area (Å²) in [5.41, 5.74) is 4.33. The van der Waals surface area contributed by atoms with Crippen LogP contribution in [0.1, 0.15) is 58.9 Å². The van der Waals surface area contributed by atoms with Gasteiger partial charge in [0.1, 0.15) is 5.69 Å². The van der Waals surface area contributed by atoms with Crippen molar-refractivity contribution in [2.24, 2.45) is 0 Å². The van der Waals surface area contributed by atoms with Crippen LogP contribution in [0.5, 0.6) is 0 Å². The monoisotopic (exact) mass is 407 g/mol. The smallest absolute Gasteiger partial charge is 0.273 e. The number of pyridine rings is 1. The number of hydrogen-bond donors (Lipinski definition) is 1. The van der Waals surface area contributed by atoms with Crippen molar-refractivity contribution >= 4 is 30.7 Å². The van der Waals surface area contributed by atoms with E-state index in [4.69, 9.17) is 0 Å². The van der Waals surface area contributed by atoms with Gasteiger partial charge in [0.05, 0.1) is 6.04 Å². The summed E-state index contributed by atoms with van der Waals surface area (Å²) in [4.78, 5) is 19.5. The minimum atomic E-state index is 0. The lowest BCUT2D eigenvalue weighted by atomic mass is 10.0. The maximum absolute atomic E-state index is 13.0. The van der Waals surface area contributed by atoms with Crippen LogP contribution in [0.15, 0.2) is 42.6 Å². The predicted octanol–water partition coefficient (Wildman–Crippen LogP) is 4.15. The van der Waals surface area contributed by atoms with Crippen LogP contribution in [0.2, 0.25) is 0 Å². The topological polar surface area (TPSA) is 45.2 Å². The number of carbonyl (C=O) groups is 1. The molecule has 1 aromatic carbocycles. The van der Waals surface area contributed by atoms with Gasteiger partial charge in [-0.2, -0.15) is 0 Å². The van der Waals surface area contributed by atoms with E-state index in [0.717, 1.165) is 19.5 Å². The zero-order valence-corrected chi connectivity index (χ0v) is 17.2. The lowest BCUT2D eigenvalue weighted by molar-refractivity contribution is 0.0628. The molecule has 0 bridgehead atoms. The van der Waals surface area contributed by atoms with Gasteiger partial charge in [-0.1, -0.05) is 37.3 Å². The van der Waals surface area contributed by atoms with Crippen LogP contribution in [0.25, 0.3) is 0 Å². The Bertz CT molecular complexity index is 745. The van der Waals surface area contributed by atoms with Crippen molar-refractivity contribution in [3.63, 3.8) is 0 Å². The Morgan fingerprint density at radius 2 is 1.81 bits per heavy atom. The SMILES string of the molecule is CCc1ccc(C2CNCCN2C(=O)c2ccc(C3CC3)cn2)cc1.Cl.Cl. The lowest BCUT2D eigenvalue weighted by Crippen LogP contribution is -2.48. The molecule has 1 unspecified atom stereocenters. The number of benzene rings is 1. The van der Waals surface area contributed by atoms with Gasteiger partial charge in [-0.25, -0.2) is 0 Å². The molecule has 1 saturated heterocycles. The minimum absolute atomic E-state index is 0. The number of aryl methyl sites for hydroxylation is 1. The number of nitrogens with zero attached hydrogens (tertiary/aromatic N) is 2. The second-order valence-corrected chi connectivity index (χ2v) is 7.06. The molecular weight excluding hydrogens is 381 g/mol. The molecule has 6 heteroatoms. The van der Waals surface area contributed by atoms with Crippen LogP contribution in [0, 0.1) is 0 Å². The molecule has 1 aliphatic carbocycles. The molecule has 2 heterocycles. The molecule has 2 aliphatic rings. The standard InChI is InChI=1S/C21H25N3O.2ClH/c1-2-15-3-5-17(6-4-15)20-14-22-11-12-24(20)21(25)19-10-9-18(13-23-19)16-7-8-16;;/h3-6,9-10,13,16,20,22H,2,7-8,11-12,14H2,1H3;2*1H. The van der Waals surface area contributed by atoms with Gasteiger partial charge in [-0.15, -0.1) is 24.8 Å². The Labute approximate surface area is 173 Å². The molecular formula is C21H27Cl2N3O. The molecule has 0 spiro atoms. The predicted molar refractivity (Wildman–Crippen MR) is 113 cm³/mol. The molecule has 146 valence electrons. The number of halogens is 2. The van der Waals surface area contributed by atoms with Gasteiger partial charge in [0, 0.05) is 25.8 Å². The fraction of sp³-hybridized carbons (Fsp3) is 0.429. The molecule has 4 rings (SSSR count). The number of rotatable bonds is 4. The first kappa shape index (κ1) is 21.7. The Balaban J connectivity index is 0.00000131. The first-order chi connectivity index (χ1) is 12.3. The van der Waals surface area contributed by atoms with E-state index in [9.17, 15) is 4.79 Å². The van der Waals surface area contributed by atoms with Crippen molar-refractivity contribution in [2.45, 2.75) is 38.1 Å². The summed E-state index contributed by atoms with van der Waals surface area (Å²) in [6.07, 6.45) is 5.42. The summed E-state index contributed by atoms with van der Waals surface area (Å²) < 4.78 is 0. The second kappa shape index (κ2) is 9.54. The van der Waals surface area contributed by atoms with Crippen molar-refractivity contribution in [2.75, 3.05) is 19.6 Å².